The Morgan fingerprint density at radius 3 is 2.32 bits per heavy atom. The van der Waals surface area contributed by atoms with Gasteiger partial charge >= 0.3 is 0 Å². The Hall–Kier alpha value is -1.20. The predicted octanol–water partition coefficient (Wildman–Crippen LogP) is 1.98. The molecule has 0 saturated carbocycles. The SMILES string of the molecule is CC(=O)C1CCN(S(=O)(=O)c2ccccc2C)CC1. The minimum absolute atomic E-state index is 0.0170. The Balaban J connectivity index is 2.19. The van der Waals surface area contributed by atoms with Crippen LogP contribution in [-0.4, -0.2) is 31.6 Å². The number of carbonyl (C=O) groups excluding carboxylic acids is 1. The average molecular weight is 281 g/mol. The standard InChI is InChI=1S/C14H19NO3S/c1-11-5-3-4-6-14(11)19(17,18)15-9-7-13(8-10-15)12(2)16/h3-6,13H,7-10H2,1-2H3. The lowest BCUT2D eigenvalue weighted by Gasteiger charge is -2.30. The lowest BCUT2D eigenvalue weighted by atomic mass is 9.95. The number of Topliss-reactive ketones (excluding diaryl/α,β-unsaturated/α-hetero) is 1. The number of rotatable bonds is 3. The molecule has 1 aromatic carbocycles. The van der Waals surface area contributed by atoms with E-state index < -0.39 is 10.0 Å². The van der Waals surface area contributed by atoms with E-state index in [4.69, 9.17) is 0 Å². The maximum atomic E-state index is 12.5. The van der Waals surface area contributed by atoms with Gasteiger partial charge in [-0.05, 0) is 38.3 Å². The number of carbonyl (C=O) groups is 1. The molecule has 1 saturated heterocycles. The minimum Gasteiger partial charge on any atom is -0.300 e. The van der Waals surface area contributed by atoms with Crippen molar-refractivity contribution in [2.24, 2.45) is 5.92 Å². The molecule has 0 spiro atoms. The Kier molecular flexibility index (Phi) is 4.06. The van der Waals surface area contributed by atoms with Crippen LogP contribution < -0.4 is 0 Å². The van der Waals surface area contributed by atoms with Crippen molar-refractivity contribution in [2.75, 3.05) is 13.1 Å². The Bertz CT molecular complexity index is 572. The van der Waals surface area contributed by atoms with Crippen LogP contribution in [0.5, 0.6) is 0 Å². The van der Waals surface area contributed by atoms with Gasteiger partial charge in [-0.1, -0.05) is 18.2 Å². The van der Waals surface area contributed by atoms with E-state index in [1.165, 1.54) is 4.31 Å². The first-order valence-electron chi connectivity index (χ1n) is 6.49. The normalized spacial score (nSPS) is 18.4. The summed E-state index contributed by atoms with van der Waals surface area (Å²) in [7, 11) is -3.42. The number of piperidine rings is 1. The molecule has 5 heteroatoms. The van der Waals surface area contributed by atoms with Gasteiger partial charge in [-0.2, -0.15) is 4.31 Å². The molecule has 1 aromatic rings. The summed E-state index contributed by atoms with van der Waals surface area (Å²) in [6, 6.07) is 7.01. The molecule has 0 atom stereocenters. The van der Waals surface area contributed by atoms with Crippen LogP contribution in [0.4, 0.5) is 0 Å². The highest BCUT2D eigenvalue weighted by atomic mass is 32.2. The lowest BCUT2D eigenvalue weighted by Crippen LogP contribution is -2.40. The molecule has 104 valence electrons. The van der Waals surface area contributed by atoms with Crippen LogP contribution in [0.25, 0.3) is 0 Å². The van der Waals surface area contributed by atoms with Crippen LogP contribution in [0.15, 0.2) is 29.2 Å². The molecule has 0 aliphatic carbocycles. The van der Waals surface area contributed by atoms with Crippen LogP contribution in [0.1, 0.15) is 25.3 Å². The van der Waals surface area contributed by atoms with Gasteiger partial charge in [-0.25, -0.2) is 8.42 Å². The van der Waals surface area contributed by atoms with Crippen molar-refractivity contribution in [3.8, 4) is 0 Å². The monoisotopic (exact) mass is 281 g/mol. The number of hydrogen-bond acceptors (Lipinski definition) is 3. The molecular formula is C14H19NO3S. The third-order valence-electron chi connectivity index (χ3n) is 3.74. The molecule has 0 bridgehead atoms. The van der Waals surface area contributed by atoms with Crippen LogP contribution in [0, 0.1) is 12.8 Å². The molecule has 1 heterocycles. The molecule has 4 nitrogen and oxygen atoms in total. The van der Waals surface area contributed by atoms with Gasteiger partial charge in [0.05, 0.1) is 4.90 Å². The lowest BCUT2D eigenvalue weighted by molar-refractivity contribution is -0.121. The third-order valence-corrected chi connectivity index (χ3v) is 5.80. The van der Waals surface area contributed by atoms with E-state index in [-0.39, 0.29) is 11.7 Å². The van der Waals surface area contributed by atoms with E-state index in [1.54, 1.807) is 32.0 Å². The Morgan fingerprint density at radius 1 is 1.21 bits per heavy atom. The van der Waals surface area contributed by atoms with Gasteiger partial charge in [0, 0.05) is 19.0 Å². The van der Waals surface area contributed by atoms with E-state index in [9.17, 15) is 13.2 Å². The summed E-state index contributed by atoms with van der Waals surface area (Å²) in [4.78, 5) is 11.7. The van der Waals surface area contributed by atoms with Crippen molar-refractivity contribution in [3.63, 3.8) is 0 Å². The maximum absolute atomic E-state index is 12.5. The van der Waals surface area contributed by atoms with Crippen molar-refractivity contribution in [1.82, 2.24) is 4.31 Å². The van der Waals surface area contributed by atoms with Gasteiger partial charge in [0.1, 0.15) is 5.78 Å². The summed E-state index contributed by atoms with van der Waals surface area (Å²) >= 11 is 0. The molecule has 1 aliphatic rings. The van der Waals surface area contributed by atoms with Crippen LogP contribution in [-0.2, 0) is 14.8 Å². The summed E-state index contributed by atoms with van der Waals surface area (Å²) in [5.74, 6) is 0.177. The van der Waals surface area contributed by atoms with Crippen LogP contribution in [0.2, 0.25) is 0 Å². The van der Waals surface area contributed by atoms with Crippen LogP contribution >= 0.6 is 0 Å². The van der Waals surface area contributed by atoms with E-state index in [0.717, 1.165) is 5.56 Å². The molecule has 19 heavy (non-hydrogen) atoms. The fourth-order valence-electron chi connectivity index (χ4n) is 2.49. The van der Waals surface area contributed by atoms with Gasteiger partial charge in [-0.3, -0.25) is 4.79 Å². The van der Waals surface area contributed by atoms with Crippen LogP contribution in [0.3, 0.4) is 0 Å². The number of hydrogen-bond donors (Lipinski definition) is 0. The molecule has 0 aromatic heterocycles. The second kappa shape index (κ2) is 5.43. The first-order valence-corrected chi connectivity index (χ1v) is 7.93. The van der Waals surface area contributed by atoms with E-state index in [2.05, 4.69) is 0 Å². The molecule has 0 radical (unpaired) electrons. The summed E-state index contributed by atoms with van der Waals surface area (Å²) in [6.45, 7) is 4.24. The van der Waals surface area contributed by atoms with Gasteiger partial charge < -0.3 is 0 Å². The summed E-state index contributed by atoms with van der Waals surface area (Å²) in [5.41, 5.74) is 0.760. The number of ketones is 1. The molecule has 0 N–H and O–H groups in total. The molecule has 1 fully saturated rings. The van der Waals surface area contributed by atoms with Gasteiger partial charge in [0.15, 0.2) is 0 Å². The van der Waals surface area contributed by atoms with Gasteiger partial charge in [0.25, 0.3) is 0 Å². The van der Waals surface area contributed by atoms with Crippen molar-refractivity contribution in [3.05, 3.63) is 29.8 Å². The fourth-order valence-corrected chi connectivity index (χ4v) is 4.18. The first kappa shape index (κ1) is 14.2. The largest absolute Gasteiger partial charge is 0.300 e. The second-order valence-electron chi connectivity index (χ2n) is 5.05. The summed E-state index contributed by atoms with van der Waals surface area (Å²) in [5, 5.41) is 0. The third kappa shape index (κ3) is 2.87. The zero-order valence-electron chi connectivity index (χ0n) is 11.3. The number of benzene rings is 1. The Morgan fingerprint density at radius 2 is 1.79 bits per heavy atom. The van der Waals surface area contributed by atoms with Crippen molar-refractivity contribution in [1.29, 1.82) is 0 Å². The number of nitrogens with zero attached hydrogens (tertiary/aromatic N) is 1. The number of aryl methyl sites for hydroxylation is 1. The minimum atomic E-state index is -3.42. The smallest absolute Gasteiger partial charge is 0.243 e. The van der Waals surface area contributed by atoms with Gasteiger partial charge in [-0.15, -0.1) is 0 Å². The maximum Gasteiger partial charge on any atom is 0.243 e. The zero-order chi connectivity index (χ0) is 14.0. The topological polar surface area (TPSA) is 54.5 Å². The van der Waals surface area contributed by atoms with Gasteiger partial charge in [0.2, 0.25) is 10.0 Å². The highest BCUT2D eigenvalue weighted by Gasteiger charge is 2.31. The van der Waals surface area contributed by atoms with E-state index >= 15 is 0 Å². The molecule has 0 unspecified atom stereocenters. The molecular weight excluding hydrogens is 262 g/mol. The predicted molar refractivity (Wildman–Crippen MR) is 73.3 cm³/mol. The van der Waals surface area contributed by atoms with E-state index in [1.807, 2.05) is 6.07 Å². The highest BCUT2D eigenvalue weighted by Crippen LogP contribution is 2.25. The molecule has 2 rings (SSSR count). The van der Waals surface area contributed by atoms with E-state index in [0.29, 0.717) is 30.8 Å². The highest BCUT2D eigenvalue weighted by molar-refractivity contribution is 7.89. The summed E-state index contributed by atoms with van der Waals surface area (Å²) < 4.78 is 26.5. The van der Waals surface area contributed by atoms with Crippen molar-refractivity contribution < 1.29 is 13.2 Å². The average Bonchev–Trinajstić information content (AvgIpc) is 2.39. The quantitative estimate of drug-likeness (QED) is 0.851. The first-order chi connectivity index (χ1) is 8.93. The fraction of sp³-hybridized carbons (Fsp3) is 0.500. The second-order valence-corrected chi connectivity index (χ2v) is 6.96. The summed E-state index contributed by atoms with van der Waals surface area (Å²) in [6.07, 6.45) is 1.25. The zero-order valence-corrected chi connectivity index (χ0v) is 12.1. The number of sulfonamides is 1. The Labute approximate surface area is 114 Å². The molecule has 0 amide bonds. The molecule has 1 aliphatic heterocycles. The van der Waals surface area contributed by atoms with Crippen molar-refractivity contribution >= 4 is 15.8 Å². The van der Waals surface area contributed by atoms with Crippen molar-refractivity contribution in [2.45, 2.75) is 31.6 Å².